The van der Waals surface area contributed by atoms with Crippen molar-refractivity contribution in [1.29, 1.82) is 0 Å². The van der Waals surface area contributed by atoms with Gasteiger partial charge in [-0.25, -0.2) is 4.98 Å². The van der Waals surface area contributed by atoms with Gasteiger partial charge in [-0.15, -0.1) is 0 Å². The van der Waals surface area contributed by atoms with Gasteiger partial charge >= 0.3 is 0 Å². The molecule has 16 heavy (non-hydrogen) atoms. The molecule has 0 aliphatic rings. The SMILES string of the molecule is CN(C)C(=O)c1cnc(Cl)c2ccccc12. The molecule has 1 aromatic heterocycles. The lowest BCUT2D eigenvalue weighted by molar-refractivity contribution is 0.0829. The molecule has 3 nitrogen and oxygen atoms in total. The molecule has 0 unspecified atom stereocenters. The van der Waals surface area contributed by atoms with Gasteiger partial charge in [0.1, 0.15) is 5.15 Å². The number of hydrogen-bond acceptors (Lipinski definition) is 2. The fourth-order valence-corrected chi connectivity index (χ4v) is 1.78. The molecule has 0 spiro atoms. The number of fused-ring (bicyclic) bond motifs is 1. The maximum Gasteiger partial charge on any atom is 0.255 e. The molecule has 1 heterocycles. The Morgan fingerprint density at radius 1 is 1.25 bits per heavy atom. The number of nitrogens with zero attached hydrogens (tertiary/aromatic N) is 2. The molecular weight excluding hydrogens is 224 g/mol. The highest BCUT2D eigenvalue weighted by Crippen LogP contribution is 2.24. The minimum absolute atomic E-state index is 0.0691. The molecule has 1 amide bonds. The molecule has 0 N–H and O–H groups in total. The maximum atomic E-state index is 11.9. The summed E-state index contributed by atoms with van der Waals surface area (Å²) < 4.78 is 0. The second kappa shape index (κ2) is 4.10. The number of rotatable bonds is 1. The first-order chi connectivity index (χ1) is 7.61. The van der Waals surface area contributed by atoms with Crippen molar-refractivity contribution >= 4 is 28.3 Å². The van der Waals surface area contributed by atoms with E-state index in [1.807, 2.05) is 24.3 Å². The molecule has 2 rings (SSSR count). The van der Waals surface area contributed by atoms with Gasteiger partial charge in [0.2, 0.25) is 0 Å². The topological polar surface area (TPSA) is 33.2 Å². The number of carbonyl (C=O) groups is 1. The summed E-state index contributed by atoms with van der Waals surface area (Å²) in [6, 6.07) is 7.49. The molecule has 0 aliphatic carbocycles. The number of carbonyl (C=O) groups excluding carboxylic acids is 1. The highest BCUT2D eigenvalue weighted by Gasteiger charge is 2.13. The Morgan fingerprint density at radius 2 is 1.88 bits per heavy atom. The van der Waals surface area contributed by atoms with Crippen molar-refractivity contribution < 1.29 is 4.79 Å². The summed E-state index contributed by atoms with van der Waals surface area (Å²) in [7, 11) is 3.43. The van der Waals surface area contributed by atoms with Gasteiger partial charge in [-0.3, -0.25) is 4.79 Å². The zero-order valence-corrected chi connectivity index (χ0v) is 9.82. The van der Waals surface area contributed by atoms with Crippen molar-refractivity contribution in [1.82, 2.24) is 9.88 Å². The Bertz CT molecular complexity index is 552. The van der Waals surface area contributed by atoms with E-state index < -0.39 is 0 Å². The normalized spacial score (nSPS) is 10.4. The summed E-state index contributed by atoms with van der Waals surface area (Å²) in [6.45, 7) is 0. The lowest BCUT2D eigenvalue weighted by atomic mass is 10.1. The zero-order chi connectivity index (χ0) is 11.7. The number of aromatic nitrogens is 1. The predicted octanol–water partition coefficient (Wildman–Crippen LogP) is 2.59. The molecule has 4 heteroatoms. The summed E-state index contributed by atoms with van der Waals surface area (Å²) in [5, 5.41) is 2.06. The van der Waals surface area contributed by atoms with Gasteiger partial charge in [0.15, 0.2) is 0 Å². The van der Waals surface area contributed by atoms with Crippen LogP contribution < -0.4 is 0 Å². The van der Waals surface area contributed by atoms with Crippen molar-refractivity contribution in [3.8, 4) is 0 Å². The van der Waals surface area contributed by atoms with E-state index in [4.69, 9.17) is 11.6 Å². The maximum absolute atomic E-state index is 11.9. The second-order valence-corrected chi connectivity index (χ2v) is 4.07. The van der Waals surface area contributed by atoms with E-state index in [0.717, 1.165) is 10.8 Å². The average molecular weight is 235 g/mol. The molecule has 0 aliphatic heterocycles. The molecular formula is C12H11ClN2O. The summed E-state index contributed by atoms with van der Waals surface area (Å²) in [5.74, 6) is -0.0691. The molecule has 0 bridgehead atoms. The van der Waals surface area contributed by atoms with Crippen LogP contribution in [0.25, 0.3) is 10.8 Å². The minimum Gasteiger partial charge on any atom is -0.345 e. The molecule has 82 valence electrons. The smallest absolute Gasteiger partial charge is 0.255 e. The third kappa shape index (κ3) is 1.74. The lowest BCUT2D eigenvalue weighted by Crippen LogP contribution is -2.22. The van der Waals surface area contributed by atoms with Crippen LogP contribution in [0.1, 0.15) is 10.4 Å². The van der Waals surface area contributed by atoms with Crippen LogP contribution in [-0.4, -0.2) is 29.9 Å². The van der Waals surface area contributed by atoms with Gasteiger partial charge < -0.3 is 4.90 Å². The Morgan fingerprint density at radius 3 is 2.50 bits per heavy atom. The van der Waals surface area contributed by atoms with Crippen LogP contribution in [0, 0.1) is 0 Å². The van der Waals surface area contributed by atoms with Crippen LogP contribution in [0.4, 0.5) is 0 Å². The van der Waals surface area contributed by atoms with Gasteiger partial charge in [-0.1, -0.05) is 35.9 Å². The lowest BCUT2D eigenvalue weighted by Gasteiger charge is -2.12. The molecule has 0 fully saturated rings. The largest absolute Gasteiger partial charge is 0.345 e. The number of benzene rings is 1. The van der Waals surface area contributed by atoms with E-state index in [2.05, 4.69) is 4.98 Å². The van der Waals surface area contributed by atoms with E-state index in [9.17, 15) is 4.79 Å². The standard InChI is InChI=1S/C12H11ClN2O/c1-15(2)12(16)10-7-14-11(13)9-6-4-3-5-8(9)10/h3-7H,1-2H3. The first-order valence-electron chi connectivity index (χ1n) is 4.86. The molecule has 2 aromatic rings. The van der Waals surface area contributed by atoms with Gasteiger partial charge in [0.25, 0.3) is 5.91 Å². The monoisotopic (exact) mass is 234 g/mol. The van der Waals surface area contributed by atoms with Gasteiger partial charge in [0.05, 0.1) is 5.56 Å². The van der Waals surface area contributed by atoms with E-state index in [-0.39, 0.29) is 5.91 Å². The number of amides is 1. The van der Waals surface area contributed by atoms with Crippen molar-refractivity contribution in [2.45, 2.75) is 0 Å². The molecule has 0 saturated heterocycles. The first kappa shape index (κ1) is 10.9. The van der Waals surface area contributed by atoms with Crippen LogP contribution in [0.5, 0.6) is 0 Å². The Hall–Kier alpha value is -1.61. The summed E-state index contributed by atoms with van der Waals surface area (Å²) in [4.78, 5) is 17.5. The summed E-state index contributed by atoms with van der Waals surface area (Å²) >= 11 is 5.98. The molecule has 0 saturated carbocycles. The first-order valence-corrected chi connectivity index (χ1v) is 5.24. The van der Waals surface area contributed by atoms with E-state index in [1.54, 1.807) is 14.1 Å². The summed E-state index contributed by atoms with van der Waals surface area (Å²) in [6.07, 6.45) is 1.52. The third-order valence-electron chi connectivity index (χ3n) is 2.38. The Balaban J connectivity index is 2.72. The molecule has 0 radical (unpaired) electrons. The van der Waals surface area contributed by atoms with Gasteiger partial charge in [0, 0.05) is 25.7 Å². The van der Waals surface area contributed by atoms with Gasteiger partial charge in [-0.2, -0.15) is 0 Å². The second-order valence-electron chi connectivity index (χ2n) is 3.71. The quantitative estimate of drug-likeness (QED) is 0.711. The fourth-order valence-electron chi connectivity index (χ4n) is 1.57. The van der Waals surface area contributed by atoms with Crippen molar-refractivity contribution in [2.24, 2.45) is 0 Å². The van der Waals surface area contributed by atoms with Crippen molar-refractivity contribution in [2.75, 3.05) is 14.1 Å². The van der Waals surface area contributed by atoms with E-state index in [0.29, 0.717) is 10.7 Å². The van der Waals surface area contributed by atoms with E-state index >= 15 is 0 Å². The highest BCUT2D eigenvalue weighted by atomic mass is 35.5. The van der Waals surface area contributed by atoms with Crippen molar-refractivity contribution in [3.63, 3.8) is 0 Å². The van der Waals surface area contributed by atoms with Crippen LogP contribution >= 0.6 is 11.6 Å². The highest BCUT2D eigenvalue weighted by molar-refractivity contribution is 6.34. The summed E-state index contributed by atoms with van der Waals surface area (Å²) in [5.41, 5.74) is 0.574. The van der Waals surface area contributed by atoms with E-state index in [1.165, 1.54) is 11.1 Å². The molecule has 0 atom stereocenters. The average Bonchev–Trinajstić information content (AvgIpc) is 2.29. The predicted molar refractivity (Wildman–Crippen MR) is 64.8 cm³/mol. The number of hydrogen-bond donors (Lipinski definition) is 0. The fraction of sp³-hybridized carbons (Fsp3) is 0.167. The number of halogens is 1. The van der Waals surface area contributed by atoms with Crippen LogP contribution in [0.3, 0.4) is 0 Å². The zero-order valence-electron chi connectivity index (χ0n) is 9.07. The Kier molecular flexibility index (Phi) is 2.79. The molecule has 1 aromatic carbocycles. The minimum atomic E-state index is -0.0691. The Labute approximate surface area is 98.7 Å². The third-order valence-corrected chi connectivity index (χ3v) is 2.68. The van der Waals surface area contributed by atoms with Crippen LogP contribution in [0.15, 0.2) is 30.5 Å². The van der Waals surface area contributed by atoms with Crippen LogP contribution in [-0.2, 0) is 0 Å². The van der Waals surface area contributed by atoms with Gasteiger partial charge in [-0.05, 0) is 5.39 Å². The van der Waals surface area contributed by atoms with Crippen molar-refractivity contribution in [3.05, 3.63) is 41.2 Å². The van der Waals surface area contributed by atoms with Crippen LogP contribution in [0.2, 0.25) is 5.15 Å². The number of pyridine rings is 1.